The van der Waals surface area contributed by atoms with E-state index in [1.165, 1.54) is 30.0 Å². The first-order chi connectivity index (χ1) is 10.0. The van der Waals surface area contributed by atoms with Gasteiger partial charge in [-0.15, -0.1) is 11.8 Å². The molecule has 0 atom stereocenters. The van der Waals surface area contributed by atoms with E-state index < -0.39 is 5.82 Å². The molecule has 0 fully saturated rings. The largest absolute Gasteiger partial charge is 0.389 e. The average molecular weight is 320 g/mol. The normalized spacial score (nSPS) is 10.2. The summed E-state index contributed by atoms with van der Waals surface area (Å²) in [5, 5.41) is 2.72. The van der Waals surface area contributed by atoms with Crippen LogP contribution >= 0.6 is 24.0 Å². The summed E-state index contributed by atoms with van der Waals surface area (Å²) in [6.07, 6.45) is 1.89. The highest BCUT2D eigenvalue weighted by atomic mass is 32.2. The molecule has 3 N–H and O–H groups in total. The molecule has 0 saturated carbocycles. The van der Waals surface area contributed by atoms with Crippen molar-refractivity contribution in [3.05, 3.63) is 59.4 Å². The first-order valence-electron chi connectivity index (χ1n) is 6.06. The first kappa shape index (κ1) is 15.5. The van der Waals surface area contributed by atoms with Crippen molar-refractivity contribution >= 4 is 40.6 Å². The summed E-state index contributed by atoms with van der Waals surface area (Å²) in [6.45, 7) is 0. The summed E-state index contributed by atoms with van der Waals surface area (Å²) >= 11 is 6.36. The molecule has 3 nitrogen and oxygen atoms in total. The van der Waals surface area contributed by atoms with Gasteiger partial charge in [0.25, 0.3) is 5.91 Å². The third-order valence-electron chi connectivity index (χ3n) is 2.85. The SMILES string of the molecule is CSc1ccccc1C(=O)Nc1ccc(F)cc1C(N)=S. The molecule has 0 aliphatic rings. The maximum absolute atomic E-state index is 13.3. The van der Waals surface area contributed by atoms with Crippen molar-refractivity contribution in [2.75, 3.05) is 11.6 Å². The van der Waals surface area contributed by atoms with Gasteiger partial charge in [-0.25, -0.2) is 4.39 Å². The van der Waals surface area contributed by atoms with E-state index in [0.717, 1.165) is 4.90 Å². The van der Waals surface area contributed by atoms with Crippen molar-refractivity contribution in [3.63, 3.8) is 0 Å². The molecule has 21 heavy (non-hydrogen) atoms. The summed E-state index contributed by atoms with van der Waals surface area (Å²) < 4.78 is 13.3. The lowest BCUT2D eigenvalue weighted by Gasteiger charge is -2.12. The Morgan fingerprint density at radius 2 is 1.95 bits per heavy atom. The number of carbonyl (C=O) groups excluding carboxylic acids is 1. The van der Waals surface area contributed by atoms with Gasteiger partial charge < -0.3 is 11.1 Å². The van der Waals surface area contributed by atoms with Crippen LogP contribution in [-0.4, -0.2) is 17.2 Å². The molecule has 2 aromatic carbocycles. The number of thiocarbonyl (C=S) groups is 1. The molecule has 0 unspecified atom stereocenters. The van der Waals surface area contributed by atoms with Gasteiger partial charge in [0, 0.05) is 10.5 Å². The molecule has 2 rings (SSSR count). The zero-order chi connectivity index (χ0) is 15.4. The summed E-state index contributed by atoms with van der Waals surface area (Å²) in [7, 11) is 0. The second kappa shape index (κ2) is 6.69. The van der Waals surface area contributed by atoms with Crippen molar-refractivity contribution in [2.24, 2.45) is 5.73 Å². The second-order valence-electron chi connectivity index (χ2n) is 4.21. The summed E-state index contributed by atoms with van der Waals surface area (Å²) in [5.41, 5.74) is 6.81. The molecule has 0 heterocycles. The van der Waals surface area contributed by atoms with E-state index in [9.17, 15) is 9.18 Å². The van der Waals surface area contributed by atoms with Gasteiger partial charge in [-0.05, 0) is 36.6 Å². The number of thioether (sulfide) groups is 1. The van der Waals surface area contributed by atoms with Gasteiger partial charge in [-0.1, -0.05) is 24.4 Å². The average Bonchev–Trinajstić information content (AvgIpc) is 2.48. The van der Waals surface area contributed by atoms with Gasteiger partial charge in [0.05, 0.1) is 11.3 Å². The third kappa shape index (κ3) is 3.59. The maximum atomic E-state index is 13.3. The van der Waals surface area contributed by atoms with Crippen molar-refractivity contribution < 1.29 is 9.18 Å². The zero-order valence-electron chi connectivity index (χ0n) is 11.2. The molecule has 0 aromatic heterocycles. The number of carbonyl (C=O) groups is 1. The Balaban J connectivity index is 2.34. The molecule has 0 spiro atoms. The molecule has 0 bridgehead atoms. The van der Waals surface area contributed by atoms with Gasteiger partial charge >= 0.3 is 0 Å². The zero-order valence-corrected chi connectivity index (χ0v) is 12.9. The molecule has 2 aromatic rings. The van der Waals surface area contributed by atoms with Crippen LogP contribution in [0.1, 0.15) is 15.9 Å². The van der Waals surface area contributed by atoms with E-state index >= 15 is 0 Å². The second-order valence-corrected chi connectivity index (χ2v) is 5.50. The van der Waals surface area contributed by atoms with Gasteiger partial charge in [0.1, 0.15) is 10.8 Å². The lowest BCUT2D eigenvalue weighted by Crippen LogP contribution is -2.18. The maximum Gasteiger partial charge on any atom is 0.256 e. The number of nitrogens with one attached hydrogen (secondary N) is 1. The predicted molar refractivity (Wildman–Crippen MR) is 88.5 cm³/mol. The number of halogens is 1. The van der Waals surface area contributed by atoms with E-state index in [1.807, 2.05) is 18.4 Å². The fraction of sp³-hybridized carbons (Fsp3) is 0.0667. The molecule has 108 valence electrons. The number of rotatable bonds is 4. The van der Waals surface area contributed by atoms with E-state index in [1.54, 1.807) is 12.1 Å². The van der Waals surface area contributed by atoms with Gasteiger partial charge in [-0.2, -0.15) is 0 Å². The Hall–Kier alpha value is -1.92. The highest BCUT2D eigenvalue weighted by molar-refractivity contribution is 7.98. The summed E-state index contributed by atoms with van der Waals surface area (Å²) in [5.74, 6) is -0.746. The number of nitrogens with two attached hydrogens (primary N) is 1. The topological polar surface area (TPSA) is 55.1 Å². The van der Waals surface area contributed by atoms with Crippen LogP contribution in [0, 0.1) is 5.82 Å². The van der Waals surface area contributed by atoms with Crippen LogP contribution in [0.2, 0.25) is 0 Å². The summed E-state index contributed by atoms with van der Waals surface area (Å²) in [6, 6.07) is 11.1. The number of benzene rings is 2. The Morgan fingerprint density at radius 3 is 2.62 bits per heavy atom. The fourth-order valence-electron chi connectivity index (χ4n) is 1.85. The number of hydrogen-bond acceptors (Lipinski definition) is 3. The lowest BCUT2D eigenvalue weighted by molar-refractivity contribution is 0.102. The molecule has 0 radical (unpaired) electrons. The van der Waals surface area contributed by atoms with Crippen LogP contribution in [0.4, 0.5) is 10.1 Å². The summed E-state index contributed by atoms with van der Waals surface area (Å²) in [4.78, 5) is 13.2. The van der Waals surface area contributed by atoms with Crippen LogP contribution in [0.15, 0.2) is 47.4 Å². The van der Waals surface area contributed by atoms with Crippen molar-refractivity contribution in [2.45, 2.75) is 4.90 Å². The monoisotopic (exact) mass is 320 g/mol. The minimum absolute atomic E-state index is 0.0305. The number of anilines is 1. The quantitative estimate of drug-likeness (QED) is 0.669. The van der Waals surface area contributed by atoms with Crippen molar-refractivity contribution in [1.29, 1.82) is 0 Å². The Bertz CT molecular complexity index is 704. The van der Waals surface area contributed by atoms with Gasteiger partial charge in [0.15, 0.2) is 0 Å². The molecule has 6 heteroatoms. The molecule has 0 saturated heterocycles. The highest BCUT2D eigenvalue weighted by Gasteiger charge is 2.14. The third-order valence-corrected chi connectivity index (χ3v) is 3.86. The number of amides is 1. The smallest absolute Gasteiger partial charge is 0.256 e. The molecular formula is C15H13FN2OS2. The minimum Gasteiger partial charge on any atom is -0.389 e. The van der Waals surface area contributed by atoms with Crippen molar-refractivity contribution in [3.8, 4) is 0 Å². The Morgan fingerprint density at radius 1 is 1.24 bits per heavy atom. The lowest BCUT2D eigenvalue weighted by atomic mass is 10.1. The molecule has 0 aliphatic heterocycles. The number of hydrogen-bond donors (Lipinski definition) is 2. The van der Waals surface area contributed by atoms with Crippen LogP contribution < -0.4 is 11.1 Å². The first-order valence-corrected chi connectivity index (χ1v) is 7.70. The van der Waals surface area contributed by atoms with Crippen molar-refractivity contribution in [1.82, 2.24) is 0 Å². The van der Waals surface area contributed by atoms with E-state index in [2.05, 4.69) is 5.32 Å². The molecule has 1 amide bonds. The predicted octanol–water partition coefficient (Wildman–Crippen LogP) is 3.43. The minimum atomic E-state index is -0.458. The highest BCUT2D eigenvalue weighted by Crippen LogP contribution is 2.23. The van der Waals surface area contributed by atoms with E-state index in [-0.39, 0.29) is 10.9 Å². The van der Waals surface area contributed by atoms with Crippen LogP contribution in [0.3, 0.4) is 0 Å². The standard InChI is InChI=1S/C15H13FN2OS2/c1-21-13-5-3-2-4-10(13)15(19)18-12-7-6-9(16)8-11(12)14(17)20/h2-8H,1H3,(H2,17,20)(H,18,19). The Labute approximate surface area is 131 Å². The molecule has 0 aliphatic carbocycles. The fourth-order valence-corrected chi connectivity index (χ4v) is 2.62. The Kier molecular flexibility index (Phi) is 4.93. The van der Waals surface area contributed by atoms with Crippen LogP contribution in [0.5, 0.6) is 0 Å². The van der Waals surface area contributed by atoms with Crippen LogP contribution in [-0.2, 0) is 0 Å². The van der Waals surface area contributed by atoms with Gasteiger partial charge in [-0.3, -0.25) is 4.79 Å². The van der Waals surface area contributed by atoms with Crippen LogP contribution in [0.25, 0.3) is 0 Å². The van der Waals surface area contributed by atoms with E-state index in [0.29, 0.717) is 16.8 Å². The van der Waals surface area contributed by atoms with E-state index in [4.69, 9.17) is 18.0 Å². The molecular weight excluding hydrogens is 307 g/mol. The van der Waals surface area contributed by atoms with Gasteiger partial charge in [0.2, 0.25) is 0 Å².